The third-order valence-electron chi connectivity index (χ3n) is 5.79. The van der Waals surface area contributed by atoms with Crippen molar-refractivity contribution in [1.82, 2.24) is 9.21 Å². The zero-order chi connectivity index (χ0) is 20.1. The third kappa shape index (κ3) is 5.06. The lowest BCUT2D eigenvalue weighted by Crippen LogP contribution is -2.35. The molecule has 3 rings (SSSR count). The highest BCUT2D eigenvalue weighted by Crippen LogP contribution is 2.29. The van der Waals surface area contributed by atoms with Gasteiger partial charge in [0.25, 0.3) is 0 Å². The number of sulfonamides is 1. The number of nitrogens with one attached hydrogen (secondary N) is 1. The second kappa shape index (κ2) is 9.57. The van der Waals surface area contributed by atoms with Gasteiger partial charge in [-0.2, -0.15) is 4.31 Å². The van der Waals surface area contributed by atoms with Gasteiger partial charge in [0.15, 0.2) is 0 Å². The van der Waals surface area contributed by atoms with Crippen LogP contribution in [0.15, 0.2) is 23.1 Å². The van der Waals surface area contributed by atoms with Crippen LogP contribution in [0.3, 0.4) is 0 Å². The molecule has 1 aromatic rings. The van der Waals surface area contributed by atoms with Crippen LogP contribution < -0.4 is 5.32 Å². The SMILES string of the molecule is CCN(CCC(=O)Nc1cc(S(=O)(=O)N2CCCC2)ccc1Cl)C1CCCC1. The van der Waals surface area contributed by atoms with Gasteiger partial charge in [0.1, 0.15) is 0 Å². The van der Waals surface area contributed by atoms with E-state index in [2.05, 4.69) is 17.1 Å². The molecular formula is C20H30ClN3O3S. The standard InChI is InChI=1S/C20H30ClN3O3S/c1-2-23(16-7-3-4-8-16)14-11-20(25)22-19-15-17(9-10-18(19)21)28(26,27)24-12-5-6-13-24/h9-10,15-16H,2-8,11-14H2,1H3,(H,22,25). The van der Waals surface area contributed by atoms with E-state index in [1.165, 1.54) is 48.2 Å². The second-order valence-electron chi connectivity index (χ2n) is 7.62. The number of rotatable bonds is 8. The molecule has 28 heavy (non-hydrogen) atoms. The summed E-state index contributed by atoms with van der Waals surface area (Å²) in [5.41, 5.74) is 0.357. The van der Waals surface area contributed by atoms with E-state index in [9.17, 15) is 13.2 Å². The zero-order valence-corrected chi connectivity index (χ0v) is 18.1. The van der Waals surface area contributed by atoms with Crippen molar-refractivity contribution in [2.75, 3.05) is 31.5 Å². The van der Waals surface area contributed by atoms with Crippen LogP contribution in [0.5, 0.6) is 0 Å². The first-order chi connectivity index (χ1) is 13.4. The molecule has 1 saturated carbocycles. The average Bonchev–Trinajstić information content (AvgIpc) is 3.38. The number of anilines is 1. The van der Waals surface area contributed by atoms with Gasteiger partial charge in [-0.15, -0.1) is 0 Å². The fourth-order valence-electron chi connectivity index (χ4n) is 4.16. The van der Waals surface area contributed by atoms with Crippen molar-refractivity contribution in [3.8, 4) is 0 Å². The lowest BCUT2D eigenvalue weighted by Gasteiger charge is -2.27. The van der Waals surface area contributed by atoms with Gasteiger partial charge in [-0.25, -0.2) is 8.42 Å². The first-order valence-corrected chi connectivity index (χ1v) is 12.1. The van der Waals surface area contributed by atoms with Crippen LogP contribution >= 0.6 is 11.6 Å². The van der Waals surface area contributed by atoms with Gasteiger partial charge in [-0.3, -0.25) is 4.79 Å². The predicted octanol–water partition coefficient (Wildman–Crippen LogP) is 3.72. The van der Waals surface area contributed by atoms with Crippen molar-refractivity contribution in [3.63, 3.8) is 0 Å². The Labute approximate surface area is 173 Å². The van der Waals surface area contributed by atoms with Crippen LogP contribution in [-0.2, 0) is 14.8 Å². The minimum atomic E-state index is -3.54. The van der Waals surface area contributed by atoms with Gasteiger partial charge in [0.05, 0.1) is 15.6 Å². The molecule has 1 aliphatic carbocycles. The van der Waals surface area contributed by atoms with E-state index < -0.39 is 10.0 Å². The Kier molecular flexibility index (Phi) is 7.36. The molecule has 0 radical (unpaired) electrons. The lowest BCUT2D eigenvalue weighted by molar-refractivity contribution is -0.116. The summed E-state index contributed by atoms with van der Waals surface area (Å²) >= 11 is 6.21. The molecule has 1 heterocycles. The van der Waals surface area contributed by atoms with Crippen molar-refractivity contribution in [2.45, 2.75) is 62.8 Å². The number of carbonyl (C=O) groups excluding carboxylic acids is 1. The summed E-state index contributed by atoms with van der Waals surface area (Å²) in [6.07, 6.45) is 7.07. The Hall–Kier alpha value is -1.15. The third-order valence-corrected chi connectivity index (χ3v) is 8.01. The molecule has 1 aliphatic heterocycles. The number of amides is 1. The maximum atomic E-state index is 12.7. The van der Waals surface area contributed by atoms with E-state index in [0.717, 1.165) is 19.4 Å². The Morgan fingerprint density at radius 1 is 1.21 bits per heavy atom. The molecule has 0 bridgehead atoms. The van der Waals surface area contributed by atoms with E-state index in [1.807, 2.05) is 0 Å². The van der Waals surface area contributed by atoms with Crippen LogP contribution in [-0.4, -0.2) is 55.8 Å². The highest BCUT2D eigenvalue weighted by atomic mass is 35.5. The van der Waals surface area contributed by atoms with E-state index in [4.69, 9.17) is 11.6 Å². The molecule has 1 amide bonds. The Balaban J connectivity index is 1.63. The Morgan fingerprint density at radius 3 is 2.54 bits per heavy atom. The van der Waals surface area contributed by atoms with E-state index in [0.29, 0.717) is 42.8 Å². The predicted molar refractivity (Wildman–Crippen MR) is 112 cm³/mol. The van der Waals surface area contributed by atoms with Crippen molar-refractivity contribution < 1.29 is 13.2 Å². The first-order valence-electron chi connectivity index (χ1n) is 10.3. The first kappa shape index (κ1) is 21.6. The maximum Gasteiger partial charge on any atom is 0.243 e. The van der Waals surface area contributed by atoms with Crippen molar-refractivity contribution in [1.29, 1.82) is 0 Å². The summed E-state index contributed by atoms with van der Waals surface area (Å²) in [6, 6.07) is 5.10. The summed E-state index contributed by atoms with van der Waals surface area (Å²) in [7, 11) is -3.54. The molecular weight excluding hydrogens is 398 g/mol. The summed E-state index contributed by atoms with van der Waals surface area (Å²) < 4.78 is 27.0. The molecule has 156 valence electrons. The normalized spacial score (nSPS) is 18.8. The molecule has 1 saturated heterocycles. The minimum Gasteiger partial charge on any atom is -0.325 e. The zero-order valence-electron chi connectivity index (χ0n) is 16.5. The van der Waals surface area contributed by atoms with Crippen LogP contribution in [0, 0.1) is 0 Å². The maximum absolute atomic E-state index is 12.7. The average molecular weight is 428 g/mol. The fourth-order valence-corrected chi connectivity index (χ4v) is 5.87. The number of benzene rings is 1. The Morgan fingerprint density at radius 2 is 1.89 bits per heavy atom. The highest BCUT2D eigenvalue weighted by Gasteiger charge is 2.28. The molecule has 0 spiro atoms. The van der Waals surface area contributed by atoms with Gasteiger partial charge in [0.2, 0.25) is 15.9 Å². The molecule has 0 unspecified atom stereocenters. The van der Waals surface area contributed by atoms with Gasteiger partial charge in [-0.1, -0.05) is 31.4 Å². The van der Waals surface area contributed by atoms with Crippen LogP contribution in [0.25, 0.3) is 0 Å². The lowest BCUT2D eigenvalue weighted by atomic mass is 10.2. The van der Waals surface area contributed by atoms with Crippen LogP contribution in [0.4, 0.5) is 5.69 Å². The summed E-state index contributed by atoms with van der Waals surface area (Å²) in [5.74, 6) is -0.144. The van der Waals surface area contributed by atoms with Crippen LogP contribution in [0.2, 0.25) is 5.02 Å². The summed E-state index contributed by atoms with van der Waals surface area (Å²) in [6.45, 7) is 4.85. The van der Waals surface area contributed by atoms with E-state index >= 15 is 0 Å². The van der Waals surface area contributed by atoms with Crippen molar-refractivity contribution in [3.05, 3.63) is 23.2 Å². The van der Waals surface area contributed by atoms with Crippen molar-refractivity contribution in [2.24, 2.45) is 0 Å². The minimum absolute atomic E-state index is 0.144. The summed E-state index contributed by atoms with van der Waals surface area (Å²) in [5, 5.41) is 3.15. The molecule has 6 nitrogen and oxygen atoms in total. The molecule has 2 aliphatic rings. The number of hydrogen-bond acceptors (Lipinski definition) is 4. The number of hydrogen-bond donors (Lipinski definition) is 1. The van der Waals surface area contributed by atoms with E-state index in [-0.39, 0.29) is 10.8 Å². The highest BCUT2D eigenvalue weighted by molar-refractivity contribution is 7.89. The smallest absolute Gasteiger partial charge is 0.243 e. The monoisotopic (exact) mass is 427 g/mol. The quantitative estimate of drug-likeness (QED) is 0.686. The molecule has 1 N–H and O–H groups in total. The fraction of sp³-hybridized carbons (Fsp3) is 0.650. The van der Waals surface area contributed by atoms with Gasteiger partial charge < -0.3 is 10.2 Å². The molecule has 8 heteroatoms. The number of halogens is 1. The second-order valence-corrected chi connectivity index (χ2v) is 9.96. The molecule has 2 fully saturated rings. The van der Waals surface area contributed by atoms with Gasteiger partial charge >= 0.3 is 0 Å². The van der Waals surface area contributed by atoms with Crippen LogP contribution in [0.1, 0.15) is 51.9 Å². The molecule has 1 aromatic carbocycles. The van der Waals surface area contributed by atoms with Gasteiger partial charge in [0, 0.05) is 32.1 Å². The van der Waals surface area contributed by atoms with Gasteiger partial charge in [-0.05, 0) is 50.4 Å². The number of nitrogens with zero attached hydrogens (tertiary/aromatic N) is 2. The Bertz CT molecular complexity index is 788. The number of carbonyl (C=O) groups is 1. The largest absolute Gasteiger partial charge is 0.325 e. The van der Waals surface area contributed by atoms with Crippen molar-refractivity contribution >= 4 is 33.2 Å². The molecule has 0 aromatic heterocycles. The van der Waals surface area contributed by atoms with E-state index in [1.54, 1.807) is 0 Å². The molecule has 0 atom stereocenters. The topological polar surface area (TPSA) is 69.7 Å². The summed E-state index contributed by atoms with van der Waals surface area (Å²) in [4.78, 5) is 15.0.